The molecule has 114 valence electrons. The molecule has 0 amide bonds. The lowest BCUT2D eigenvalue weighted by atomic mass is 9.79. The Balaban J connectivity index is 2.08. The van der Waals surface area contributed by atoms with Crippen LogP contribution in [0.25, 0.3) is 0 Å². The minimum absolute atomic E-state index is 0.163. The van der Waals surface area contributed by atoms with E-state index in [1.807, 2.05) is 46.8 Å². The highest BCUT2D eigenvalue weighted by Gasteiger charge is 2.54. The summed E-state index contributed by atoms with van der Waals surface area (Å²) in [6.45, 7) is 10.5. The highest BCUT2D eigenvalue weighted by atomic mass is 16.7. The number of rotatable bonds is 5. The predicted octanol–water partition coefficient (Wildman–Crippen LogP) is 2.85. The molecule has 0 bridgehead atoms. The Morgan fingerprint density at radius 3 is 2.43 bits per heavy atom. The molecule has 0 saturated carbocycles. The van der Waals surface area contributed by atoms with E-state index in [0.717, 1.165) is 5.56 Å². The van der Waals surface area contributed by atoms with Gasteiger partial charge in [0, 0.05) is 12.4 Å². The molecule has 1 aliphatic heterocycles. The Kier molecular flexibility index (Phi) is 4.34. The minimum atomic E-state index is -0.416. The van der Waals surface area contributed by atoms with Gasteiger partial charge in [0.2, 0.25) is 0 Å². The number of pyridine rings is 1. The van der Waals surface area contributed by atoms with Crippen LogP contribution in [0.5, 0.6) is 0 Å². The molecular formula is C14H23BN4O2. The first-order chi connectivity index (χ1) is 9.77. The molecule has 1 unspecified atom stereocenters. The van der Waals surface area contributed by atoms with Crippen molar-refractivity contribution in [3.05, 3.63) is 30.1 Å². The van der Waals surface area contributed by atoms with E-state index in [0.29, 0.717) is 6.54 Å². The van der Waals surface area contributed by atoms with Gasteiger partial charge in [0.15, 0.2) is 0 Å². The summed E-state index contributed by atoms with van der Waals surface area (Å²) in [6.07, 6.45) is 3.50. The number of nitrogens with one attached hydrogen (secondary N) is 1. The number of hydrogen-bond acceptors (Lipinski definition) is 5. The molecule has 1 saturated heterocycles. The zero-order valence-corrected chi connectivity index (χ0v) is 13.3. The van der Waals surface area contributed by atoms with Crippen LogP contribution in [0.3, 0.4) is 0 Å². The lowest BCUT2D eigenvalue weighted by molar-refractivity contribution is 0.00578. The summed E-state index contributed by atoms with van der Waals surface area (Å²) >= 11 is 0. The van der Waals surface area contributed by atoms with E-state index in [4.69, 9.17) is 14.8 Å². The Bertz CT molecular complexity index is 479. The maximum absolute atomic E-state index is 7.42. The Morgan fingerprint density at radius 1 is 1.33 bits per heavy atom. The van der Waals surface area contributed by atoms with Gasteiger partial charge in [-0.15, -0.1) is 0 Å². The molecule has 6 nitrogen and oxygen atoms in total. The third kappa shape index (κ3) is 3.24. The topological polar surface area (TPSA) is 70.8 Å². The molecular weight excluding hydrogens is 267 g/mol. The lowest BCUT2D eigenvalue weighted by Crippen LogP contribution is -2.43. The Morgan fingerprint density at radius 2 is 1.95 bits per heavy atom. The van der Waals surface area contributed by atoms with E-state index in [1.54, 1.807) is 17.4 Å². The van der Waals surface area contributed by atoms with Crippen LogP contribution in [-0.4, -0.2) is 34.3 Å². The van der Waals surface area contributed by atoms with Gasteiger partial charge in [0.1, 0.15) is 0 Å². The van der Waals surface area contributed by atoms with Crippen molar-refractivity contribution < 1.29 is 9.31 Å². The Labute approximate surface area is 126 Å². The van der Waals surface area contributed by atoms with Crippen molar-refractivity contribution in [3.63, 3.8) is 0 Å². The fourth-order valence-electron chi connectivity index (χ4n) is 2.18. The van der Waals surface area contributed by atoms with Gasteiger partial charge in [0.05, 0.1) is 23.7 Å². The van der Waals surface area contributed by atoms with Gasteiger partial charge in [0.25, 0.3) is 0 Å². The molecule has 1 aliphatic rings. The SMILES string of the molecule is CC(B1OC(C)(C)C(C)(C)O1)N(Cc1cccnc1)N=N. The minimum Gasteiger partial charge on any atom is -0.402 e. The van der Waals surface area contributed by atoms with Crippen LogP contribution in [0.4, 0.5) is 0 Å². The van der Waals surface area contributed by atoms with Crippen molar-refractivity contribution in [3.8, 4) is 0 Å². The fourth-order valence-corrected chi connectivity index (χ4v) is 2.18. The molecule has 7 heteroatoms. The fraction of sp³-hybridized carbons (Fsp3) is 0.643. The van der Waals surface area contributed by atoms with E-state index < -0.39 is 7.12 Å². The number of hydrogen-bond donors (Lipinski definition) is 1. The Hall–Kier alpha value is -1.47. The molecule has 0 aliphatic carbocycles. The van der Waals surface area contributed by atoms with E-state index in [9.17, 15) is 0 Å². The quantitative estimate of drug-likeness (QED) is 0.514. The van der Waals surface area contributed by atoms with Crippen LogP contribution in [0, 0.1) is 5.53 Å². The van der Waals surface area contributed by atoms with Crippen LogP contribution in [-0.2, 0) is 15.9 Å². The summed E-state index contributed by atoms with van der Waals surface area (Å²) in [5.74, 6) is -0.163. The monoisotopic (exact) mass is 290 g/mol. The van der Waals surface area contributed by atoms with Crippen molar-refractivity contribution >= 4 is 7.12 Å². The van der Waals surface area contributed by atoms with Gasteiger partial charge in [-0.3, -0.25) is 9.99 Å². The van der Waals surface area contributed by atoms with Gasteiger partial charge in [-0.2, -0.15) is 5.53 Å². The van der Waals surface area contributed by atoms with Gasteiger partial charge in [-0.05, 0) is 46.2 Å². The standard InChI is InChI=1S/C14H23BN4O2/c1-11(15-20-13(2,3)14(4,5)21-15)19(18-16)10-12-7-6-8-17-9-12/h6-9,11,16H,10H2,1-5H3. The summed E-state index contributed by atoms with van der Waals surface area (Å²) in [5.41, 5.74) is 7.66. The van der Waals surface area contributed by atoms with Crippen molar-refractivity contribution in [1.82, 2.24) is 9.99 Å². The van der Waals surface area contributed by atoms with Crippen LogP contribution in [0.2, 0.25) is 0 Å². The predicted molar refractivity (Wildman–Crippen MR) is 80.5 cm³/mol. The second-order valence-electron chi connectivity index (χ2n) is 6.42. The molecule has 2 heterocycles. The van der Waals surface area contributed by atoms with E-state index in [-0.39, 0.29) is 17.1 Å². The summed E-state index contributed by atoms with van der Waals surface area (Å²) < 4.78 is 12.0. The summed E-state index contributed by atoms with van der Waals surface area (Å²) in [5, 5.41) is 5.27. The van der Waals surface area contributed by atoms with E-state index >= 15 is 0 Å². The summed E-state index contributed by atoms with van der Waals surface area (Å²) in [4.78, 5) is 4.08. The maximum Gasteiger partial charge on any atom is 0.483 e. The molecule has 0 aromatic carbocycles. The van der Waals surface area contributed by atoms with Crippen molar-refractivity contribution in [2.75, 3.05) is 0 Å². The van der Waals surface area contributed by atoms with Crippen LogP contribution in [0.1, 0.15) is 40.2 Å². The first-order valence-electron chi connectivity index (χ1n) is 7.15. The third-order valence-corrected chi connectivity index (χ3v) is 4.33. The molecule has 21 heavy (non-hydrogen) atoms. The molecule has 1 aromatic rings. The van der Waals surface area contributed by atoms with Crippen LogP contribution < -0.4 is 0 Å². The largest absolute Gasteiger partial charge is 0.483 e. The maximum atomic E-state index is 7.42. The first-order valence-corrected chi connectivity index (χ1v) is 7.15. The van der Waals surface area contributed by atoms with Crippen molar-refractivity contribution in [2.45, 2.75) is 58.3 Å². The zero-order chi connectivity index (χ0) is 15.7. The zero-order valence-electron chi connectivity index (χ0n) is 13.3. The molecule has 2 rings (SSSR count). The van der Waals surface area contributed by atoms with Crippen LogP contribution >= 0.6 is 0 Å². The van der Waals surface area contributed by atoms with E-state index in [2.05, 4.69) is 10.2 Å². The van der Waals surface area contributed by atoms with Crippen molar-refractivity contribution in [1.29, 1.82) is 5.53 Å². The third-order valence-electron chi connectivity index (χ3n) is 4.33. The highest BCUT2D eigenvalue weighted by Crippen LogP contribution is 2.38. The van der Waals surface area contributed by atoms with E-state index in [1.165, 1.54) is 0 Å². The molecule has 1 aromatic heterocycles. The summed E-state index contributed by atoms with van der Waals surface area (Å²) in [7, 11) is -0.416. The highest BCUT2D eigenvalue weighted by molar-refractivity contribution is 6.47. The average Bonchev–Trinajstić information content (AvgIpc) is 2.65. The summed E-state index contributed by atoms with van der Waals surface area (Å²) in [6, 6.07) is 3.83. The molecule has 0 spiro atoms. The molecule has 1 fully saturated rings. The van der Waals surface area contributed by atoms with Crippen LogP contribution in [0.15, 0.2) is 29.7 Å². The molecule has 1 atom stereocenters. The smallest absolute Gasteiger partial charge is 0.402 e. The normalized spacial score (nSPS) is 21.1. The lowest BCUT2D eigenvalue weighted by Gasteiger charge is -2.32. The molecule has 1 N–H and O–H groups in total. The second-order valence-corrected chi connectivity index (χ2v) is 6.42. The van der Waals surface area contributed by atoms with Gasteiger partial charge < -0.3 is 9.31 Å². The number of aromatic nitrogens is 1. The van der Waals surface area contributed by atoms with Gasteiger partial charge in [-0.1, -0.05) is 11.3 Å². The number of nitrogens with zero attached hydrogens (tertiary/aromatic N) is 3. The second kappa shape index (κ2) is 5.73. The first kappa shape index (κ1) is 15.9. The van der Waals surface area contributed by atoms with Gasteiger partial charge in [-0.25, -0.2) is 0 Å². The van der Waals surface area contributed by atoms with Crippen molar-refractivity contribution in [2.24, 2.45) is 5.22 Å². The molecule has 0 radical (unpaired) electrons. The average molecular weight is 290 g/mol. The van der Waals surface area contributed by atoms with Gasteiger partial charge >= 0.3 is 7.12 Å².